The number of hydrogen-bond acceptors (Lipinski definition) is 6. The zero-order valence-electron chi connectivity index (χ0n) is 21.0. The average Bonchev–Trinajstić information content (AvgIpc) is 2.94. The average molecular weight is 603 g/mol. The Morgan fingerprint density at radius 1 is 0.974 bits per heavy atom. The van der Waals surface area contributed by atoms with E-state index >= 15 is 0 Å². The number of nitrogens with one attached hydrogen (secondary N) is 1. The van der Waals surface area contributed by atoms with Crippen molar-refractivity contribution in [2.45, 2.75) is 24.4 Å². The van der Waals surface area contributed by atoms with Crippen LogP contribution in [0.4, 0.5) is 5.69 Å². The lowest BCUT2D eigenvalue weighted by Crippen LogP contribution is -2.50. The second kappa shape index (κ2) is 11.9. The highest BCUT2D eigenvalue weighted by molar-refractivity contribution is 9.10. The first-order valence-electron chi connectivity index (χ1n) is 11.9. The zero-order chi connectivity index (χ0) is 27.3. The van der Waals surface area contributed by atoms with Crippen molar-refractivity contribution in [1.82, 2.24) is 10.2 Å². The molecule has 1 aliphatic rings. The molecule has 1 heterocycles. The highest BCUT2D eigenvalue weighted by atomic mass is 79.9. The molecule has 3 aromatic carbocycles. The smallest absolute Gasteiger partial charge is 0.264 e. The van der Waals surface area contributed by atoms with Gasteiger partial charge in [0.25, 0.3) is 10.0 Å². The van der Waals surface area contributed by atoms with Gasteiger partial charge in [0.2, 0.25) is 11.8 Å². The molecule has 9 nitrogen and oxygen atoms in total. The molecular weight excluding hydrogens is 574 g/mol. The van der Waals surface area contributed by atoms with Gasteiger partial charge < -0.3 is 19.7 Å². The molecule has 3 aromatic rings. The molecule has 0 bridgehead atoms. The number of fused-ring (bicyclic) bond motifs is 1. The van der Waals surface area contributed by atoms with Gasteiger partial charge >= 0.3 is 0 Å². The van der Waals surface area contributed by atoms with Gasteiger partial charge in [0.15, 0.2) is 11.5 Å². The monoisotopic (exact) mass is 601 g/mol. The summed E-state index contributed by atoms with van der Waals surface area (Å²) in [7, 11) is -2.67. The molecule has 0 spiro atoms. The maximum Gasteiger partial charge on any atom is 0.264 e. The zero-order valence-corrected chi connectivity index (χ0v) is 23.4. The summed E-state index contributed by atoms with van der Waals surface area (Å²) < 4.78 is 40.8. The number of benzene rings is 3. The molecule has 0 saturated heterocycles. The summed E-state index contributed by atoms with van der Waals surface area (Å²) in [4.78, 5) is 27.8. The van der Waals surface area contributed by atoms with Crippen LogP contribution in [0.3, 0.4) is 0 Å². The van der Waals surface area contributed by atoms with Crippen LogP contribution < -0.4 is 19.1 Å². The summed E-state index contributed by atoms with van der Waals surface area (Å²) in [5, 5.41) is 2.57. The largest absolute Gasteiger partial charge is 0.486 e. The van der Waals surface area contributed by atoms with Gasteiger partial charge in [-0.3, -0.25) is 13.9 Å². The number of halogens is 1. The topological polar surface area (TPSA) is 105 Å². The fourth-order valence-corrected chi connectivity index (χ4v) is 5.71. The fourth-order valence-electron chi connectivity index (χ4n) is 4.01. The highest BCUT2D eigenvalue weighted by Crippen LogP contribution is 2.36. The molecule has 0 aliphatic carbocycles. The van der Waals surface area contributed by atoms with E-state index in [1.165, 1.54) is 24.1 Å². The minimum Gasteiger partial charge on any atom is -0.486 e. The van der Waals surface area contributed by atoms with Crippen molar-refractivity contribution >= 4 is 43.5 Å². The Kier molecular flexibility index (Phi) is 8.58. The van der Waals surface area contributed by atoms with Gasteiger partial charge in [-0.15, -0.1) is 0 Å². The van der Waals surface area contributed by atoms with Gasteiger partial charge in [-0.1, -0.05) is 46.3 Å². The molecule has 200 valence electrons. The number of rotatable bonds is 9. The third-order valence-corrected chi connectivity index (χ3v) is 8.42. The molecular formula is C27H28BrN3O6S. The van der Waals surface area contributed by atoms with Crippen LogP contribution in [0.5, 0.6) is 11.5 Å². The number of carbonyl (C=O) groups is 2. The molecule has 1 aliphatic heterocycles. The normalized spacial score (nSPS) is 13.3. The van der Waals surface area contributed by atoms with Crippen molar-refractivity contribution in [3.8, 4) is 11.5 Å². The van der Waals surface area contributed by atoms with Crippen LogP contribution in [-0.4, -0.2) is 58.0 Å². The van der Waals surface area contributed by atoms with E-state index in [0.29, 0.717) is 24.7 Å². The van der Waals surface area contributed by atoms with E-state index in [1.807, 2.05) is 24.3 Å². The number of hydrogen-bond donors (Lipinski definition) is 1. The molecule has 0 fully saturated rings. The maximum atomic E-state index is 13.8. The number of ether oxygens (including phenoxy) is 2. The SMILES string of the molecule is CNC(=O)C(C)N(Cc1ccc(Br)cc1)C(=O)CN(c1ccc2c(c1)OCCO2)S(=O)(=O)c1ccccc1. The molecule has 1 atom stereocenters. The Labute approximate surface area is 230 Å². The summed E-state index contributed by atoms with van der Waals surface area (Å²) in [5.41, 5.74) is 1.02. The number of nitrogens with zero attached hydrogens (tertiary/aromatic N) is 2. The minimum absolute atomic E-state index is 0.0292. The summed E-state index contributed by atoms with van der Waals surface area (Å²) in [6.45, 7) is 1.90. The Balaban J connectivity index is 1.73. The predicted molar refractivity (Wildman–Crippen MR) is 147 cm³/mol. The minimum atomic E-state index is -4.16. The fraction of sp³-hybridized carbons (Fsp3) is 0.259. The van der Waals surface area contributed by atoms with Crippen molar-refractivity contribution in [2.24, 2.45) is 0 Å². The van der Waals surface area contributed by atoms with Crippen LogP contribution in [0.25, 0.3) is 0 Å². The van der Waals surface area contributed by atoms with Crippen LogP contribution in [0.1, 0.15) is 12.5 Å². The van der Waals surface area contributed by atoms with E-state index in [9.17, 15) is 18.0 Å². The van der Waals surface area contributed by atoms with Crippen molar-refractivity contribution in [3.63, 3.8) is 0 Å². The molecule has 2 amide bonds. The molecule has 4 rings (SSSR count). The molecule has 38 heavy (non-hydrogen) atoms. The molecule has 11 heteroatoms. The molecule has 1 N–H and O–H groups in total. The summed E-state index contributed by atoms with van der Waals surface area (Å²) >= 11 is 3.40. The van der Waals surface area contributed by atoms with E-state index < -0.39 is 28.5 Å². The Hall–Kier alpha value is -3.57. The van der Waals surface area contributed by atoms with Crippen molar-refractivity contribution in [3.05, 3.63) is 82.8 Å². The maximum absolute atomic E-state index is 13.8. The van der Waals surface area contributed by atoms with Crippen LogP contribution in [0, 0.1) is 0 Å². The number of likely N-dealkylation sites (N-methyl/N-ethyl adjacent to an activating group) is 1. The van der Waals surface area contributed by atoms with E-state index in [0.717, 1.165) is 14.3 Å². The molecule has 0 radical (unpaired) electrons. The van der Waals surface area contributed by atoms with Crippen molar-refractivity contribution in [2.75, 3.05) is 31.1 Å². The van der Waals surface area contributed by atoms with E-state index in [4.69, 9.17) is 9.47 Å². The van der Waals surface area contributed by atoms with Crippen molar-refractivity contribution in [1.29, 1.82) is 0 Å². The molecule has 0 aromatic heterocycles. The third kappa shape index (κ3) is 6.11. The van der Waals surface area contributed by atoms with Crippen LogP contribution in [-0.2, 0) is 26.2 Å². The number of sulfonamides is 1. The quantitative estimate of drug-likeness (QED) is 0.402. The van der Waals surface area contributed by atoms with Gasteiger partial charge in [0.1, 0.15) is 25.8 Å². The molecule has 0 saturated carbocycles. The van der Waals surface area contributed by atoms with Gasteiger partial charge in [0.05, 0.1) is 10.6 Å². The number of carbonyl (C=O) groups excluding carboxylic acids is 2. The lowest BCUT2D eigenvalue weighted by atomic mass is 10.1. The van der Waals surface area contributed by atoms with E-state index in [2.05, 4.69) is 21.2 Å². The summed E-state index contributed by atoms with van der Waals surface area (Å²) in [6, 6.07) is 19.1. The van der Waals surface area contributed by atoms with Crippen LogP contribution >= 0.6 is 15.9 Å². The van der Waals surface area contributed by atoms with Gasteiger partial charge in [-0.2, -0.15) is 0 Å². The first-order valence-corrected chi connectivity index (χ1v) is 14.2. The molecule has 1 unspecified atom stereocenters. The highest BCUT2D eigenvalue weighted by Gasteiger charge is 2.33. The predicted octanol–water partition coefficient (Wildman–Crippen LogP) is 3.58. The first kappa shape index (κ1) is 27.5. The van der Waals surface area contributed by atoms with Gasteiger partial charge in [-0.05, 0) is 48.9 Å². The first-order chi connectivity index (χ1) is 18.2. The Bertz CT molecular complexity index is 1400. The lowest BCUT2D eigenvalue weighted by Gasteiger charge is -2.32. The number of amides is 2. The Morgan fingerprint density at radius 3 is 2.29 bits per heavy atom. The number of anilines is 1. The van der Waals surface area contributed by atoms with Gasteiger partial charge in [0, 0.05) is 24.1 Å². The second-order valence-corrected chi connectivity index (χ2v) is 11.4. The van der Waals surface area contributed by atoms with Gasteiger partial charge in [-0.25, -0.2) is 8.42 Å². The standard InChI is InChI=1S/C27H28BrN3O6S/c1-19(27(33)29-2)30(17-20-8-10-21(28)11-9-20)26(32)18-31(38(34,35)23-6-4-3-5-7-23)22-12-13-24-25(16-22)37-15-14-36-24/h3-13,16,19H,14-15,17-18H2,1-2H3,(H,29,33). The second-order valence-electron chi connectivity index (χ2n) is 8.59. The van der Waals surface area contributed by atoms with Crippen LogP contribution in [0.2, 0.25) is 0 Å². The van der Waals surface area contributed by atoms with E-state index in [-0.39, 0.29) is 23.0 Å². The third-order valence-electron chi connectivity index (χ3n) is 6.10. The van der Waals surface area contributed by atoms with Crippen LogP contribution in [0.15, 0.2) is 82.2 Å². The van der Waals surface area contributed by atoms with E-state index in [1.54, 1.807) is 43.3 Å². The summed E-state index contributed by atoms with van der Waals surface area (Å²) in [6.07, 6.45) is 0. The van der Waals surface area contributed by atoms with Crippen molar-refractivity contribution < 1.29 is 27.5 Å². The summed E-state index contributed by atoms with van der Waals surface area (Å²) in [5.74, 6) is -0.0286. The Morgan fingerprint density at radius 2 is 1.63 bits per heavy atom. The lowest BCUT2D eigenvalue weighted by molar-refractivity contribution is -0.139.